The molecular weight excluding hydrogens is 308 g/mol. The minimum atomic E-state index is -0.553. The van der Waals surface area contributed by atoms with E-state index in [9.17, 15) is 5.11 Å². The molecule has 1 atom stereocenters. The number of hydrogen-bond donors (Lipinski definition) is 1. The molecule has 0 spiro atoms. The molecule has 0 heterocycles. The lowest BCUT2D eigenvalue weighted by Crippen LogP contribution is -2.23. The van der Waals surface area contributed by atoms with Crippen molar-refractivity contribution in [2.75, 3.05) is 52.9 Å². The maximum absolute atomic E-state index is 9.70. The lowest BCUT2D eigenvalue weighted by atomic mass is 10.2. The van der Waals surface area contributed by atoms with Crippen LogP contribution in [0, 0.1) is 0 Å². The summed E-state index contributed by atoms with van der Waals surface area (Å²) >= 11 is 0. The highest BCUT2D eigenvalue weighted by atomic mass is 16.5. The zero-order chi connectivity index (χ0) is 17.7. The highest BCUT2D eigenvalue weighted by Gasteiger charge is 2.04. The van der Waals surface area contributed by atoms with Crippen LogP contribution in [0.5, 0.6) is 0 Å². The van der Waals surface area contributed by atoms with Gasteiger partial charge in [0.1, 0.15) is 6.10 Å². The zero-order valence-electron chi connectivity index (χ0n) is 16.0. The summed E-state index contributed by atoms with van der Waals surface area (Å²) in [6, 6.07) is 0. The van der Waals surface area contributed by atoms with E-state index in [1.54, 1.807) is 0 Å². The summed E-state index contributed by atoms with van der Waals surface area (Å²) in [6.07, 6.45) is 9.10. The van der Waals surface area contributed by atoms with Crippen molar-refractivity contribution < 1.29 is 24.1 Å². The number of aliphatic hydroxyl groups excluding tert-OH is 1. The van der Waals surface area contributed by atoms with E-state index in [0.29, 0.717) is 39.6 Å². The molecule has 0 saturated heterocycles. The molecule has 0 amide bonds. The van der Waals surface area contributed by atoms with Crippen LogP contribution in [0.4, 0.5) is 0 Å². The van der Waals surface area contributed by atoms with Crippen LogP contribution in [0.1, 0.15) is 65.2 Å². The molecule has 0 saturated carbocycles. The molecule has 0 aromatic heterocycles. The maximum Gasteiger partial charge on any atom is 0.101 e. The first-order chi connectivity index (χ1) is 11.8. The Kier molecular flexibility index (Phi) is 20.7. The smallest absolute Gasteiger partial charge is 0.101 e. The van der Waals surface area contributed by atoms with Gasteiger partial charge in [0.25, 0.3) is 0 Å². The second-order valence-corrected chi connectivity index (χ2v) is 6.15. The average Bonchev–Trinajstić information content (AvgIpc) is 2.59. The Hall–Kier alpha value is -0.200. The maximum atomic E-state index is 9.70. The largest absolute Gasteiger partial charge is 0.388 e. The van der Waals surface area contributed by atoms with Crippen molar-refractivity contribution in [2.45, 2.75) is 71.3 Å². The van der Waals surface area contributed by atoms with Crippen molar-refractivity contribution in [3.05, 3.63) is 0 Å². The van der Waals surface area contributed by atoms with Crippen LogP contribution >= 0.6 is 0 Å². The van der Waals surface area contributed by atoms with Crippen molar-refractivity contribution in [3.8, 4) is 0 Å². The highest BCUT2D eigenvalue weighted by molar-refractivity contribution is 4.51. The third-order valence-electron chi connectivity index (χ3n) is 3.65. The van der Waals surface area contributed by atoms with Crippen molar-refractivity contribution >= 4 is 0 Å². The second-order valence-electron chi connectivity index (χ2n) is 6.15. The van der Waals surface area contributed by atoms with E-state index in [4.69, 9.17) is 18.9 Å². The molecule has 0 fully saturated rings. The Morgan fingerprint density at radius 2 is 0.958 bits per heavy atom. The first-order valence-corrected chi connectivity index (χ1v) is 9.80. The summed E-state index contributed by atoms with van der Waals surface area (Å²) < 4.78 is 21.7. The van der Waals surface area contributed by atoms with Crippen LogP contribution < -0.4 is 0 Å². The Labute approximate surface area is 149 Å². The Morgan fingerprint density at radius 3 is 1.50 bits per heavy atom. The normalized spacial score (nSPS) is 12.6. The van der Waals surface area contributed by atoms with Crippen LogP contribution in [0.3, 0.4) is 0 Å². The summed E-state index contributed by atoms with van der Waals surface area (Å²) in [5, 5.41) is 9.70. The van der Waals surface area contributed by atoms with Gasteiger partial charge in [0, 0.05) is 13.2 Å². The van der Waals surface area contributed by atoms with E-state index in [-0.39, 0.29) is 0 Å². The Bertz CT molecular complexity index is 226. The average molecular weight is 349 g/mol. The molecule has 0 aromatic rings. The lowest BCUT2D eigenvalue weighted by molar-refractivity contribution is -0.0369. The molecule has 0 rings (SSSR count). The van der Waals surface area contributed by atoms with E-state index < -0.39 is 6.10 Å². The van der Waals surface area contributed by atoms with Gasteiger partial charge < -0.3 is 24.1 Å². The summed E-state index contributed by atoms with van der Waals surface area (Å²) in [5.41, 5.74) is 0. The molecular formula is C19H40O5. The van der Waals surface area contributed by atoms with Gasteiger partial charge in [-0.3, -0.25) is 0 Å². The van der Waals surface area contributed by atoms with E-state index >= 15 is 0 Å². The molecule has 1 N–H and O–H groups in total. The molecule has 0 radical (unpaired) electrons. The third-order valence-corrected chi connectivity index (χ3v) is 3.65. The van der Waals surface area contributed by atoms with Crippen LogP contribution in [-0.4, -0.2) is 64.1 Å². The predicted octanol–water partition coefficient (Wildman–Crippen LogP) is 3.57. The first-order valence-electron chi connectivity index (χ1n) is 9.80. The molecule has 0 aliphatic heterocycles. The van der Waals surface area contributed by atoms with Crippen LogP contribution in [-0.2, 0) is 18.9 Å². The summed E-state index contributed by atoms with van der Waals surface area (Å²) in [5.74, 6) is 0. The fourth-order valence-corrected chi connectivity index (χ4v) is 2.19. The minimum absolute atomic E-state index is 0.298. The van der Waals surface area contributed by atoms with Gasteiger partial charge in [0.2, 0.25) is 0 Å². The Balaban J connectivity index is 3.10. The molecule has 0 aliphatic carbocycles. The second kappa shape index (κ2) is 20.8. The topological polar surface area (TPSA) is 57.2 Å². The predicted molar refractivity (Wildman–Crippen MR) is 97.6 cm³/mol. The molecule has 0 bridgehead atoms. The Morgan fingerprint density at radius 1 is 0.542 bits per heavy atom. The van der Waals surface area contributed by atoms with Gasteiger partial charge in [0.15, 0.2) is 0 Å². The van der Waals surface area contributed by atoms with Crippen molar-refractivity contribution in [2.24, 2.45) is 0 Å². The van der Waals surface area contributed by atoms with Crippen LogP contribution in [0.2, 0.25) is 0 Å². The molecule has 5 nitrogen and oxygen atoms in total. The zero-order valence-corrected chi connectivity index (χ0v) is 16.0. The number of aliphatic hydroxyl groups is 1. The number of hydrogen-bond acceptors (Lipinski definition) is 5. The van der Waals surface area contributed by atoms with Gasteiger partial charge in [-0.1, -0.05) is 52.4 Å². The lowest BCUT2D eigenvalue weighted by Gasteiger charge is -2.12. The standard InChI is InChI=1S/C19H40O5/c1-3-5-7-9-11-21-13-14-22-15-16-24-18-19(20)17-23-12-10-8-6-4-2/h19-20H,3-18H2,1-2H3. The van der Waals surface area contributed by atoms with Gasteiger partial charge in [0.05, 0.1) is 39.6 Å². The van der Waals surface area contributed by atoms with Gasteiger partial charge in [-0.25, -0.2) is 0 Å². The monoisotopic (exact) mass is 348 g/mol. The summed E-state index contributed by atoms with van der Waals surface area (Å²) in [4.78, 5) is 0. The van der Waals surface area contributed by atoms with E-state index in [1.807, 2.05) is 0 Å². The van der Waals surface area contributed by atoms with E-state index in [1.165, 1.54) is 38.5 Å². The van der Waals surface area contributed by atoms with E-state index in [0.717, 1.165) is 26.1 Å². The van der Waals surface area contributed by atoms with Gasteiger partial charge in [-0.05, 0) is 12.8 Å². The van der Waals surface area contributed by atoms with Crippen LogP contribution in [0.15, 0.2) is 0 Å². The SMILES string of the molecule is CCCCCCOCCOCCOCC(O)COCCCCCC. The number of rotatable bonds is 20. The quantitative estimate of drug-likeness (QED) is 0.341. The molecule has 5 heteroatoms. The van der Waals surface area contributed by atoms with Crippen molar-refractivity contribution in [1.82, 2.24) is 0 Å². The fraction of sp³-hybridized carbons (Fsp3) is 1.00. The van der Waals surface area contributed by atoms with Gasteiger partial charge >= 0.3 is 0 Å². The van der Waals surface area contributed by atoms with Crippen molar-refractivity contribution in [3.63, 3.8) is 0 Å². The highest BCUT2D eigenvalue weighted by Crippen LogP contribution is 2.00. The first kappa shape index (κ1) is 23.8. The minimum Gasteiger partial charge on any atom is -0.388 e. The van der Waals surface area contributed by atoms with Crippen LogP contribution in [0.25, 0.3) is 0 Å². The van der Waals surface area contributed by atoms with E-state index in [2.05, 4.69) is 13.8 Å². The third kappa shape index (κ3) is 19.8. The fourth-order valence-electron chi connectivity index (χ4n) is 2.19. The molecule has 24 heavy (non-hydrogen) atoms. The number of unbranched alkanes of at least 4 members (excludes halogenated alkanes) is 6. The number of ether oxygens (including phenoxy) is 4. The molecule has 0 aliphatic rings. The van der Waals surface area contributed by atoms with Crippen molar-refractivity contribution in [1.29, 1.82) is 0 Å². The molecule has 1 unspecified atom stereocenters. The van der Waals surface area contributed by atoms with Gasteiger partial charge in [-0.15, -0.1) is 0 Å². The molecule has 146 valence electrons. The summed E-state index contributed by atoms with van der Waals surface area (Å²) in [6.45, 7) is 8.84. The molecule has 0 aromatic carbocycles. The van der Waals surface area contributed by atoms with Gasteiger partial charge in [-0.2, -0.15) is 0 Å². The summed E-state index contributed by atoms with van der Waals surface area (Å²) in [7, 11) is 0.